The number of anilines is 1. The smallest absolute Gasteiger partial charge is 0.247 e. The van der Waals surface area contributed by atoms with E-state index in [0.29, 0.717) is 22.8 Å². The van der Waals surface area contributed by atoms with Crippen LogP contribution >= 0.6 is 0 Å². The van der Waals surface area contributed by atoms with Gasteiger partial charge in [-0.1, -0.05) is 0 Å². The van der Waals surface area contributed by atoms with Crippen LogP contribution in [0.1, 0.15) is 13.0 Å². The summed E-state index contributed by atoms with van der Waals surface area (Å²) in [5.74, 6) is 0.879. The number of ether oxygens (including phenoxy) is 1. The molecule has 0 spiro atoms. The van der Waals surface area contributed by atoms with E-state index in [1.165, 1.54) is 0 Å². The molecule has 0 radical (unpaired) electrons. The molecule has 2 aromatic heterocycles. The van der Waals surface area contributed by atoms with E-state index in [0.717, 1.165) is 0 Å². The molecule has 0 saturated carbocycles. The highest BCUT2D eigenvalue weighted by atomic mass is 16.5. The molecule has 0 aliphatic rings. The minimum absolute atomic E-state index is 0.120. The third kappa shape index (κ3) is 3.05. The van der Waals surface area contributed by atoms with E-state index in [2.05, 4.69) is 25.9 Å². The van der Waals surface area contributed by atoms with Crippen LogP contribution in [0.25, 0.3) is 11.4 Å². The number of hydrogen-bond acceptors (Lipinski definition) is 5. The van der Waals surface area contributed by atoms with Gasteiger partial charge in [-0.25, -0.2) is 0 Å². The van der Waals surface area contributed by atoms with Crippen LogP contribution in [0.15, 0.2) is 42.7 Å². The lowest BCUT2D eigenvalue weighted by Crippen LogP contribution is -2.22. The molecule has 0 fully saturated rings. The monoisotopic (exact) mass is 312 g/mol. The lowest BCUT2D eigenvalue weighted by molar-refractivity contribution is -0.118. The highest BCUT2D eigenvalue weighted by Gasteiger charge is 2.16. The molecule has 3 aromatic rings. The maximum Gasteiger partial charge on any atom is 0.247 e. The minimum Gasteiger partial charge on any atom is -0.496 e. The van der Waals surface area contributed by atoms with Crippen LogP contribution in [0.2, 0.25) is 0 Å². The Hall–Kier alpha value is -3.16. The molecular weight excluding hydrogens is 296 g/mol. The molecule has 2 heterocycles. The first kappa shape index (κ1) is 14.8. The van der Waals surface area contributed by atoms with Crippen LogP contribution in [0.5, 0.6) is 5.75 Å². The van der Waals surface area contributed by atoms with Crippen LogP contribution in [-0.4, -0.2) is 38.2 Å². The van der Waals surface area contributed by atoms with E-state index in [-0.39, 0.29) is 11.9 Å². The van der Waals surface area contributed by atoms with E-state index in [1.807, 2.05) is 36.0 Å². The Balaban J connectivity index is 1.83. The van der Waals surface area contributed by atoms with Crippen LogP contribution in [0.4, 0.5) is 5.69 Å². The van der Waals surface area contributed by atoms with Crippen LogP contribution in [-0.2, 0) is 4.79 Å². The van der Waals surface area contributed by atoms with Crippen molar-refractivity contribution in [1.29, 1.82) is 0 Å². The molecular formula is C15H16N6O2. The van der Waals surface area contributed by atoms with E-state index in [4.69, 9.17) is 4.74 Å². The van der Waals surface area contributed by atoms with Gasteiger partial charge in [0.25, 0.3) is 0 Å². The van der Waals surface area contributed by atoms with Gasteiger partial charge in [0.2, 0.25) is 11.7 Å². The van der Waals surface area contributed by atoms with Gasteiger partial charge in [0.1, 0.15) is 11.8 Å². The summed E-state index contributed by atoms with van der Waals surface area (Å²) in [6.07, 6.45) is 3.70. The van der Waals surface area contributed by atoms with Crippen molar-refractivity contribution >= 4 is 11.6 Å². The third-order valence-electron chi connectivity index (χ3n) is 3.51. The number of aromatic amines is 1. The number of hydrogen-bond donors (Lipinski definition) is 2. The lowest BCUT2D eigenvalue weighted by atomic mass is 10.1. The summed E-state index contributed by atoms with van der Waals surface area (Å²) in [6.45, 7) is 1.83. The largest absolute Gasteiger partial charge is 0.496 e. The van der Waals surface area contributed by atoms with Crippen LogP contribution in [0.3, 0.4) is 0 Å². The number of rotatable bonds is 5. The average molecular weight is 312 g/mol. The van der Waals surface area contributed by atoms with Crippen molar-refractivity contribution in [2.45, 2.75) is 13.0 Å². The van der Waals surface area contributed by atoms with Crippen LogP contribution in [0, 0.1) is 0 Å². The van der Waals surface area contributed by atoms with Gasteiger partial charge in [0.05, 0.1) is 12.7 Å². The number of methoxy groups -OCH3 is 1. The maximum absolute atomic E-state index is 12.4. The molecule has 1 unspecified atom stereocenters. The molecule has 0 aliphatic heterocycles. The molecule has 0 saturated heterocycles. The molecule has 1 aromatic carbocycles. The highest BCUT2D eigenvalue weighted by molar-refractivity contribution is 5.94. The Morgan fingerprint density at radius 2 is 2.13 bits per heavy atom. The molecule has 8 heteroatoms. The van der Waals surface area contributed by atoms with Gasteiger partial charge in [-0.15, -0.1) is 10.2 Å². The quantitative estimate of drug-likeness (QED) is 0.749. The molecule has 8 nitrogen and oxygen atoms in total. The van der Waals surface area contributed by atoms with Gasteiger partial charge in [0, 0.05) is 18.1 Å². The zero-order valence-electron chi connectivity index (χ0n) is 12.7. The van der Waals surface area contributed by atoms with Crippen molar-refractivity contribution in [2.75, 3.05) is 12.4 Å². The predicted molar refractivity (Wildman–Crippen MR) is 83.9 cm³/mol. The standard InChI is InChI=1S/C15H16N6O2/c1-10(21-7-3-4-8-21)15(22)16-11-5-6-13(23-2)12(9-11)14-17-19-20-18-14/h3-10H,1-2H3,(H,16,22)(H,17,18,19,20). The second-order valence-electron chi connectivity index (χ2n) is 4.95. The number of tetrazole rings is 1. The Morgan fingerprint density at radius 1 is 1.35 bits per heavy atom. The summed E-state index contributed by atoms with van der Waals surface area (Å²) in [5.41, 5.74) is 1.28. The van der Waals surface area contributed by atoms with Gasteiger partial charge in [0.15, 0.2) is 0 Å². The van der Waals surface area contributed by atoms with E-state index >= 15 is 0 Å². The highest BCUT2D eigenvalue weighted by Crippen LogP contribution is 2.30. The first-order chi connectivity index (χ1) is 11.2. The van der Waals surface area contributed by atoms with Crippen molar-refractivity contribution in [1.82, 2.24) is 25.2 Å². The minimum atomic E-state index is -0.319. The molecule has 3 rings (SSSR count). The lowest BCUT2D eigenvalue weighted by Gasteiger charge is -2.15. The fraction of sp³-hybridized carbons (Fsp3) is 0.200. The Labute approximate surface area is 132 Å². The Morgan fingerprint density at radius 3 is 2.78 bits per heavy atom. The summed E-state index contributed by atoms with van der Waals surface area (Å²) in [7, 11) is 1.56. The van der Waals surface area contributed by atoms with E-state index in [9.17, 15) is 4.79 Å². The topological polar surface area (TPSA) is 97.7 Å². The Bertz CT molecular complexity index is 782. The van der Waals surface area contributed by atoms with Gasteiger partial charge in [-0.2, -0.15) is 5.21 Å². The molecule has 1 atom stereocenters. The second-order valence-corrected chi connectivity index (χ2v) is 4.95. The first-order valence-corrected chi connectivity index (χ1v) is 7.04. The fourth-order valence-electron chi connectivity index (χ4n) is 2.22. The average Bonchev–Trinajstić information content (AvgIpc) is 3.27. The number of carbonyl (C=O) groups excluding carboxylic acids is 1. The van der Waals surface area contributed by atoms with Crippen molar-refractivity contribution < 1.29 is 9.53 Å². The fourth-order valence-corrected chi connectivity index (χ4v) is 2.22. The molecule has 0 aliphatic carbocycles. The number of nitrogens with one attached hydrogen (secondary N) is 2. The summed E-state index contributed by atoms with van der Waals surface area (Å²) in [6, 6.07) is 8.71. The van der Waals surface area contributed by atoms with Gasteiger partial charge < -0.3 is 14.6 Å². The van der Waals surface area contributed by atoms with Gasteiger partial charge in [-0.3, -0.25) is 4.79 Å². The van der Waals surface area contributed by atoms with Crippen LogP contribution < -0.4 is 10.1 Å². The first-order valence-electron chi connectivity index (χ1n) is 7.04. The number of nitrogens with zero attached hydrogens (tertiary/aromatic N) is 4. The second kappa shape index (κ2) is 6.30. The van der Waals surface area contributed by atoms with E-state index < -0.39 is 0 Å². The number of carbonyl (C=O) groups is 1. The number of H-pyrrole nitrogens is 1. The normalized spacial score (nSPS) is 11.9. The van der Waals surface area contributed by atoms with E-state index in [1.54, 1.807) is 25.3 Å². The summed E-state index contributed by atoms with van der Waals surface area (Å²) in [4.78, 5) is 12.4. The van der Waals surface area contributed by atoms with Crippen molar-refractivity contribution in [2.24, 2.45) is 0 Å². The van der Waals surface area contributed by atoms with Crippen molar-refractivity contribution in [3.63, 3.8) is 0 Å². The maximum atomic E-state index is 12.4. The summed E-state index contributed by atoms with van der Waals surface area (Å²) in [5, 5.41) is 16.7. The van der Waals surface area contributed by atoms with Gasteiger partial charge >= 0.3 is 0 Å². The molecule has 118 valence electrons. The number of benzene rings is 1. The van der Waals surface area contributed by atoms with Crippen molar-refractivity contribution in [3.8, 4) is 17.1 Å². The van der Waals surface area contributed by atoms with Gasteiger partial charge in [-0.05, 0) is 42.5 Å². The van der Waals surface area contributed by atoms with Crippen molar-refractivity contribution in [3.05, 3.63) is 42.7 Å². The molecule has 2 N–H and O–H groups in total. The number of aromatic nitrogens is 5. The molecule has 23 heavy (non-hydrogen) atoms. The predicted octanol–water partition coefficient (Wildman–Crippen LogP) is 1.88. The molecule has 0 bridgehead atoms. The Kier molecular flexibility index (Phi) is 4.05. The summed E-state index contributed by atoms with van der Waals surface area (Å²) >= 11 is 0. The zero-order chi connectivity index (χ0) is 16.2. The zero-order valence-corrected chi connectivity index (χ0v) is 12.7. The third-order valence-corrected chi connectivity index (χ3v) is 3.51. The number of amides is 1. The molecule has 1 amide bonds. The summed E-state index contributed by atoms with van der Waals surface area (Å²) < 4.78 is 7.13. The SMILES string of the molecule is COc1ccc(NC(=O)C(C)n2cccc2)cc1-c1nn[nH]n1.